The third-order valence-electron chi connectivity index (χ3n) is 3.42. The van der Waals surface area contributed by atoms with E-state index in [9.17, 15) is 0 Å². The van der Waals surface area contributed by atoms with Gasteiger partial charge in [-0.2, -0.15) is 0 Å². The van der Waals surface area contributed by atoms with E-state index in [1.54, 1.807) is 0 Å². The van der Waals surface area contributed by atoms with Crippen LogP contribution in [0.15, 0.2) is 54.6 Å². The molecule has 2 aromatic carbocycles. The normalized spacial score (nSPS) is 12.6. The summed E-state index contributed by atoms with van der Waals surface area (Å²) in [6.45, 7) is 4.01. The minimum absolute atomic E-state index is 0.354. The fourth-order valence-electron chi connectivity index (χ4n) is 2.29. The van der Waals surface area contributed by atoms with E-state index in [1.807, 2.05) is 0 Å². The van der Waals surface area contributed by atoms with Crippen LogP contribution in [-0.4, -0.2) is 25.5 Å². The Hall–Kier alpha value is -1.64. The van der Waals surface area contributed by atoms with Crippen molar-refractivity contribution in [1.29, 1.82) is 0 Å². The molecule has 0 aliphatic carbocycles. The van der Waals surface area contributed by atoms with Gasteiger partial charge >= 0.3 is 0 Å². The second-order valence-corrected chi connectivity index (χ2v) is 5.59. The first-order chi connectivity index (χ1) is 9.65. The van der Waals surface area contributed by atoms with E-state index in [1.165, 1.54) is 16.7 Å². The fourth-order valence-corrected chi connectivity index (χ4v) is 2.29. The Labute approximate surface area is 122 Å². The van der Waals surface area contributed by atoms with Crippen molar-refractivity contribution < 1.29 is 0 Å². The molecule has 106 valence electrons. The van der Waals surface area contributed by atoms with Crippen molar-refractivity contribution in [3.8, 4) is 0 Å². The number of nitrogens with zero attached hydrogens (tertiary/aromatic N) is 1. The number of rotatable bonds is 6. The van der Waals surface area contributed by atoms with E-state index in [-0.39, 0.29) is 0 Å². The zero-order valence-electron chi connectivity index (χ0n) is 12.6. The summed E-state index contributed by atoms with van der Waals surface area (Å²) >= 11 is 0. The van der Waals surface area contributed by atoms with Gasteiger partial charge in [-0.05, 0) is 32.1 Å². The molecule has 20 heavy (non-hydrogen) atoms. The average molecular weight is 268 g/mol. The topological polar surface area (TPSA) is 15.3 Å². The summed E-state index contributed by atoms with van der Waals surface area (Å²) in [6.07, 6.45) is 0. The molecule has 1 unspecified atom stereocenters. The molecule has 0 aliphatic rings. The summed E-state index contributed by atoms with van der Waals surface area (Å²) in [6, 6.07) is 19.7. The molecule has 2 heteroatoms. The van der Waals surface area contributed by atoms with Gasteiger partial charge in [-0.25, -0.2) is 0 Å². The van der Waals surface area contributed by atoms with Crippen LogP contribution in [0.4, 0.5) is 0 Å². The first kappa shape index (κ1) is 14.8. The van der Waals surface area contributed by atoms with Gasteiger partial charge in [0, 0.05) is 19.1 Å². The molecule has 2 rings (SSSR count). The van der Waals surface area contributed by atoms with E-state index in [2.05, 4.69) is 85.8 Å². The molecule has 2 aromatic rings. The van der Waals surface area contributed by atoms with Gasteiger partial charge in [0.15, 0.2) is 0 Å². The third-order valence-corrected chi connectivity index (χ3v) is 3.42. The summed E-state index contributed by atoms with van der Waals surface area (Å²) in [5.41, 5.74) is 3.98. The smallest absolute Gasteiger partial charge is 0.0451 e. The van der Waals surface area contributed by atoms with Crippen molar-refractivity contribution in [1.82, 2.24) is 10.2 Å². The quantitative estimate of drug-likeness (QED) is 0.864. The zero-order chi connectivity index (χ0) is 14.4. The third kappa shape index (κ3) is 4.48. The molecular weight excluding hydrogens is 244 g/mol. The van der Waals surface area contributed by atoms with Crippen LogP contribution in [0.25, 0.3) is 0 Å². The number of hydrogen-bond acceptors (Lipinski definition) is 2. The first-order valence-electron chi connectivity index (χ1n) is 7.14. The van der Waals surface area contributed by atoms with Crippen molar-refractivity contribution in [3.63, 3.8) is 0 Å². The first-order valence-corrected chi connectivity index (χ1v) is 7.14. The fraction of sp³-hybridized carbons (Fsp3) is 0.333. The maximum absolute atomic E-state index is 3.66. The number of hydrogen-bond donors (Lipinski definition) is 1. The predicted molar refractivity (Wildman–Crippen MR) is 85.8 cm³/mol. The molecular formula is C18H24N2. The highest BCUT2D eigenvalue weighted by molar-refractivity contribution is 5.23. The lowest BCUT2D eigenvalue weighted by atomic mass is 10.1. The predicted octanol–water partition coefficient (Wildman–Crippen LogP) is 3.39. The Morgan fingerprint density at radius 1 is 0.950 bits per heavy atom. The summed E-state index contributed by atoms with van der Waals surface area (Å²) in [5, 5.41) is 3.66. The van der Waals surface area contributed by atoms with Crippen LogP contribution < -0.4 is 5.32 Å². The van der Waals surface area contributed by atoms with Crippen LogP contribution in [0.2, 0.25) is 0 Å². The Morgan fingerprint density at radius 2 is 1.60 bits per heavy atom. The molecule has 1 N–H and O–H groups in total. The highest BCUT2D eigenvalue weighted by Gasteiger charge is 2.11. The lowest BCUT2D eigenvalue weighted by molar-refractivity contribution is 0.340. The van der Waals surface area contributed by atoms with Crippen molar-refractivity contribution in [2.45, 2.75) is 19.5 Å². The number of nitrogens with one attached hydrogen (secondary N) is 1. The largest absolute Gasteiger partial charge is 0.308 e. The molecule has 0 bridgehead atoms. The van der Waals surface area contributed by atoms with Crippen molar-refractivity contribution in [2.75, 3.05) is 20.6 Å². The van der Waals surface area contributed by atoms with Gasteiger partial charge in [0.25, 0.3) is 0 Å². The van der Waals surface area contributed by atoms with E-state index < -0.39 is 0 Å². The monoisotopic (exact) mass is 268 g/mol. The Bertz CT molecular complexity index is 503. The van der Waals surface area contributed by atoms with Gasteiger partial charge in [0.05, 0.1) is 0 Å². The Kier molecular flexibility index (Phi) is 5.33. The number of likely N-dealkylation sites (N-methyl/N-ethyl adjacent to an activating group) is 1. The standard InChI is InChI=1S/C18H24N2/c1-15-9-11-16(12-10-15)13-19-18(14-20(2)3)17-7-5-4-6-8-17/h4-12,18-19H,13-14H2,1-3H3. The lowest BCUT2D eigenvalue weighted by Gasteiger charge is -2.23. The molecule has 0 fully saturated rings. The maximum Gasteiger partial charge on any atom is 0.0451 e. The highest BCUT2D eigenvalue weighted by atomic mass is 15.1. The van der Waals surface area contributed by atoms with Crippen LogP contribution in [0.3, 0.4) is 0 Å². The molecule has 0 saturated heterocycles. The molecule has 0 saturated carbocycles. The summed E-state index contributed by atoms with van der Waals surface area (Å²) < 4.78 is 0. The number of benzene rings is 2. The van der Waals surface area contributed by atoms with Crippen molar-refractivity contribution in [2.24, 2.45) is 0 Å². The highest BCUT2D eigenvalue weighted by Crippen LogP contribution is 2.14. The molecule has 2 nitrogen and oxygen atoms in total. The van der Waals surface area contributed by atoms with Crippen molar-refractivity contribution in [3.05, 3.63) is 71.3 Å². The van der Waals surface area contributed by atoms with E-state index in [0.717, 1.165) is 13.1 Å². The lowest BCUT2D eigenvalue weighted by Crippen LogP contribution is -2.30. The zero-order valence-corrected chi connectivity index (χ0v) is 12.6. The molecule has 1 atom stereocenters. The van der Waals surface area contributed by atoms with Gasteiger partial charge in [-0.3, -0.25) is 0 Å². The van der Waals surface area contributed by atoms with Gasteiger partial charge in [-0.15, -0.1) is 0 Å². The van der Waals surface area contributed by atoms with Crippen LogP contribution in [0, 0.1) is 6.92 Å². The van der Waals surface area contributed by atoms with Gasteiger partial charge in [-0.1, -0.05) is 60.2 Å². The molecule has 0 radical (unpaired) electrons. The number of aryl methyl sites for hydroxylation is 1. The van der Waals surface area contributed by atoms with Gasteiger partial charge in [0.2, 0.25) is 0 Å². The van der Waals surface area contributed by atoms with Crippen LogP contribution in [0.5, 0.6) is 0 Å². The summed E-state index contributed by atoms with van der Waals surface area (Å²) in [7, 11) is 4.23. The van der Waals surface area contributed by atoms with Crippen LogP contribution in [-0.2, 0) is 6.54 Å². The van der Waals surface area contributed by atoms with E-state index in [4.69, 9.17) is 0 Å². The van der Waals surface area contributed by atoms with Gasteiger partial charge in [0.1, 0.15) is 0 Å². The second kappa shape index (κ2) is 7.22. The van der Waals surface area contributed by atoms with Crippen LogP contribution >= 0.6 is 0 Å². The molecule has 0 spiro atoms. The molecule has 0 amide bonds. The minimum atomic E-state index is 0.354. The maximum atomic E-state index is 3.66. The molecule has 0 aliphatic heterocycles. The molecule has 0 heterocycles. The minimum Gasteiger partial charge on any atom is -0.308 e. The Balaban J connectivity index is 2.03. The Morgan fingerprint density at radius 3 is 2.20 bits per heavy atom. The average Bonchev–Trinajstić information content (AvgIpc) is 2.46. The summed E-state index contributed by atoms with van der Waals surface area (Å²) in [5.74, 6) is 0. The molecule has 0 aromatic heterocycles. The van der Waals surface area contributed by atoms with Gasteiger partial charge < -0.3 is 10.2 Å². The SMILES string of the molecule is Cc1ccc(CNC(CN(C)C)c2ccccc2)cc1. The van der Waals surface area contributed by atoms with Crippen molar-refractivity contribution >= 4 is 0 Å². The van der Waals surface area contributed by atoms with E-state index >= 15 is 0 Å². The van der Waals surface area contributed by atoms with Crippen LogP contribution in [0.1, 0.15) is 22.7 Å². The second-order valence-electron chi connectivity index (χ2n) is 5.59. The van der Waals surface area contributed by atoms with E-state index in [0.29, 0.717) is 6.04 Å². The summed E-state index contributed by atoms with van der Waals surface area (Å²) in [4.78, 5) is 2.22.